The summed E-state index contributed by atoms with van der Waals surface area (Å²) in [7, 11) is 0. The lowest BCUT2D eigenvalue weighted by Gasteiger charge is -2.20. The van der Waals surface area contributed by atoms with E-state index in [2.05, 4.69) is 31.5 Å². The van der Waals surface area contributed by atoms with E-state index in [1.807, 2.05) is 31.3 Å². The number of carbonyl (C=O) groups is 1. The molecule has 0 spiro atoms. The predicted molar refractivity (Wildman–Crippen MR) is 93.8 cm³/mol. The molecule has 22 heavy (non-hydrogen) atoms. The maximum Gasteiger partial charge on any atom is 0.257 e. The highest BCUT2D eigenvalue weighted by Gasteiger charge is 2.18. The summed E-state index contributed by atoms with van der Waals surface area (Å²) in [5.74, 6) is 0.459. The lowest BCUT2D eigenvalue weighted by molar-refractivity contribution is 0.102. The molecule has 0 radical (unpaired) electrons. The zero-order chi connectivity index (χ0) is 15.5. The lowest BCUT2D eigenvalue weighted by Crippen LogP contribution is -2.26. The molecular weight excluding hydrogens is 362 g/mol. The van der Waals surface area contributed by atoms with Crippen molar-refractivity contribution in [2.75, 3.05) is 18.4 Å². The van der Waals surface area contributed by atoms with Gasteiger partial charge in [-0.1, -0.05) is 15.9 Å². The second-order valence-corrected chi connectivity index (χ2v) is 7.43. The Morgan fingerprint density at radius 1 is 1.41 bits per heavy atom. The Kier molecular flexibility index (Phi) is 4.90. The summed E-state index contributed by atoms with van der Waals surface area (Å²) in [5.41, 5.74) is 1.70. The highest BCUT2D eigenvalue weighted by atomic mass is 79.9. The molecule has 2 heterocycles. The first kappa shape index (κ1) is 15.6. The Morgan fingerprint density at radius 3 is 2.91 bits per heavy atom. The van der Waals surface area contributed by atoms with Crippen LogP contribution >= 0.6 is 27.3 Å². The highest BCUT2D eigenvalue weighted by molar-refractivity contribution is 9.10. The van der Waals surface area contributed by atoms with Crippen LogP contribution in [-0.4, -0.2) is 24.0 Å². The van der Waals surface area contributed by atoms with Crippen LogP contribution < -0.4 is 10.6 Å². The standard InChI is InChI=1S/C16H18BrN3OS/c1-10-8-12(2-3-13(10)17)15(21)20-16-19-9-14(22-16)11-4-6-18-7-5-11/h2-3,8-9,11,18H,4-7H2,1H3,(H,19,20,21). The van der Waals surface area contributed by atoms with E-state index in [1.165, 1.54) is 4.88 Å². The van der Waals surface area contributed by atoms with Crippen molar-refractivity contribution in [1.82, 2.24) is 10.3 Å². The van der Waals surface area contributed by atoms with Crippen LogP contribution in [0.4, 0.5) is 5.13 Å². The van der Waals surface area contributed by atoms with Gasteiger partial charge < -0.3 is 5.32 Å². The fourth-order valence-corrected chi connectivity index (χ4v) is 3.82. The summed E-state index contributed by atoms with van der Waals surface area (Å²) in [6.07, 6.45) is 4.19. The van der Waals surface area contributed by atoms with Crippen molar-refractivity contribution in [3.8, 4) is 0 Å². The maximum atomic E-state index is 12.3. The topological polar surface area (TPSA) is 54.0 Å². The van der Waals surface area contributed by atoms with Crippen molar-refractivity contribution in [3.63, 3.8) is 0 Å². The Balaban J connectivity index is 1.68. The van der Waals surface area contributed by atoms with E-state index in [9.17, 15) is 4.79 Å². The number of hydrogen-bond donors (Lipinski definition) is 2. The first-order valence-corrected chi connectivity index (χ1v) is 8.98. The number of amides is 1. The van der Waals surface area contributed by atoms with Crippen molar-refractivity contribution >= 4 is 38.3 Å². The second kappa shape index (κ2) is 6.89. The van der Waals surface area contributed by atoms with E-state index in [-0.39, 0.29) is 5.91 Å². The van der Waals surface area contributed by atoms with Crippen molar-refractivity contribution in [3.05, 3.63) is 44.9 Å². The summed E-state index contributed by atoms with van der Waals surface area (Å²) in [6.45, 7) is 4.09. The fourth-order valence-electron chi connectivity index (χ4n) is 2.59. The summed E-state index contributed by atoms with van der Waals surface area (Å²) in [5, 5.41) is 6.95. The van der Waals surface area contributed by atoms with Gasteiger partial charge in [-0.2, -0.15) is 0 Å². The van der Waals surface area contributed by atoms with Gasteiger partial charge in [0, 0.05) is 21.1 Å². The molecule has 2 aromatic rings. The number of anilines is 1. The van der Waals surface area contributed by atoms with Crippen LogP contribution in [0.1, 0.15) is 39.6 Å². The minimum Gasteiger partial charge on any atom is -0.317 e. The minimum atomic E-state index is -0.109. The molecule has 1 amide bonds. The fraction of sp³-hybridized carbons (Fsp3) is 0.375. The minimum absolute atomic E-state index is 0.109. The van der Waals surface area contributed by atoms with Crippen molar-refractivity contribution in [2.45, 2.75) is 25.7 Å². The van der Waals surface area contributed by atoms with Crippen LogP contribution in [0.25, 0.3) is 0 Å². The van der Waals surface area contributed by atoms with E-state index in [1.54, 1.807) is 11.3 Å². The van der Waals surface area contributed by atoms with E-state index in [0.717, 1.165) is 36.0 Å². The number of rotatable bonds is 3. The first-order valence-electron chi connectivity index (χ1n) is 7.37. The molecule has 6 heteroatoms. The maximum absolute atomic E-state index is 12.3. The lowest BCUT2D eigenvalue weighted by atomic mass is 9.97. The van der Waals surface area contributed by atoms with Gasteiger partial charge in [-0.3, -0.25) is 10.1 Å². The molecule has 1 aromatic heterocycles. The SMILES string of the molecule is Cc1cc(C(=O)Nc2ncc(C3CCNCC3)s2)ccc1Br. The van der Waals surface area contributed by atoms with E-state index < -0.39 is 0 Å². The number of benzene rings is 1. The van der Waals surface area contributed by atoms with E-state index in [0.29, 0.717) is 16.6 Å². The average molecular weight is 380 g/mol. The van der Waals surface area contributed by atoms with Gasteiger partial charge in [0.2, 0.25) is 0 Å². The van der Waals surface area contributed by atoms with Gasteiger partial charge in [-0.05, 0) is 62.5 Å². The molecule has 0 unspecified atom stereocenters. The highest BCUT2D eigenvalue weighted by Crippen LogP contribution is 2.31. The van der Waals surface area contributed by atoms with Crippen LogP contribution in [-0.2, 0) is 0 Å². The molecule has 0 aliphatic carbocycles. The zero-order valence-corrected chi connectivity index (χ0v) is 14.8. The third-order valence-corrected chi connectivity index (χ3v) is 5.87. The third kappa shape index (κ3) is 3.56. The Labute approximate surface area is 142 Å². The molecule has 2 N–H and O–H groups in total. The molecule has 116 valence electrons. The van der Waals surface area contributed by atoms with E-state index >= 15 is 0 Å². The third-order valence-electron chi connectivity index (χ3n) is 3.91. The first-order chi connectivity index (χ1) is 10.6. The molecule has 1 saturated heterocycles. The molecule has 4 nitrogen and oxygen atoms in total. The molecule has 1 aliphatic heterocycles. The molecular formula is C16H18BrN3OS. The quantitative estimate of drug-likeness (QED) is 0.848. The van der Waals surface area contributed by atoms with Crippen molar-refractivity contribution in [1.29, 1.82) is 0 Å². The van der Waals surface area contributed by atoms with Crippen LogP contribution in [0, 0.1) is 6.92 Å². The van der Waals surface area contributed by atoms with Gasteiger partial charge >= 0.3 is 0 Å². The number of carbonyl (C=O) groups excluding carboxylic acids is 1. The number of halogens is 1. The summed E-state index contributed by atoms with van der Waals surface area (Å²) >= 11 is 5.04. The molecule has 1 aromatic carbocycles. The van der Waals surface area contributed by atoms with Crippen LogP contribution in [0.3, 0.4) is 0 Å². The smallest absolute Gasteiger partial charge is 0.257 e. The number of nitrogens with zero attached hydrogens (tertiary/aromatic N) is 1. The molecule has 3 rings (SSSR count). The van der Waals surface area contributed by atoms with Gasteiger partial charge in [-0.15, -0.1) is 11.3 Å². The van der Waals surface area contributed by atoms with Crippen molar-refractivity contribution in [2.24, 2.45) is 0 Å². The molecule has 1 fully saturated rings. The number of hydrogen-bond acceptors (Lipinski definition) is 4. The Bertz CT molecular complexity index is 680. The molecule has 0 bridgehead atoms. The molecule has 0 saturated carbocycles. The van der Waals surface area contributed by atoms with Crippen LogP contribution in [0.15, 0.2) is 28.9 Å². The number of aryl methyl sites for hydroxylation is 1. The van der Waals surface area contributed by atoms with Gasteiger partial charge in [0.25, 0.3) is 5.91 Å². The number of piperidine rings is 1. The second-order valence-electron chi connectivity index (χ2n) is 5.51. The Hall–Kier alpha value is -1.24. The monoisotopic (exact) mass is 379 g/mol. The Morgan fingerprint density at radius 2 is 2.18 bits per heavy atom. The predicted octanol–water partition coefficient (Wildman–Crippen LogP) is 3.93. The summed E-state index contributed by atoms with van der Waals surface area (Å²) < 4.78 is 1.01. The van der Waals surface area contributed by atoms with Gasteiger partial charge in [0.1, 0.15) is 0 Å². The van der Waals surface area contributed by atoms with Gasteiger partial charge in [0.15, 0.2) is 5.13 Å². The van der Waals surface area contributed by atoms with Gasteiger partial charge in [-0.25, -0.2) is 4.98 Å². The summed E-state index contributed by atoms with van der Waals surface area (Å²) in [4.78, 5) is 17.9. The number of aromatic nitrogens is 1. The summed E-state index contributed by atoms with van der Waals surface area (Å²) in [6, 6.07) is 5.58. The number of nitrogens with one attached hydrogen (secondary N) is 2. The normalized spacial score (nSPS) is 15.7. The van der Waals surface area contributed by atoms with Crippen LogP contribution in [0.5, 0.6) is 0 Å². The van der Waals surface area contributed by atoms with Crippen LogP contribution in [0.2, 0.25) is 0 Å². The zero-order valence-electron chi connectivity index (χ0n) is 12.4. The molecule has 1 aliphatic rings. The molecule has 0 atom stereocenters. The largest absolute Gasteiger partial charge is 0.317 e. The number of thiazole rings is 1. The van der Waals surface area contributed by atoms with Gasteiger partial charge in [0.05, 0.1) is 0 Å². The van der Waals surface area contributed by atoms with E-state index in [4.69, 9.17) is 0 Å². The average Bonchev–Trinajstić information content (AvgIpc) is 2.99. The van der Waals surface area contributed by atoms with Crippen molar-refractivity contribution < 1.29 is 4.79 Å².